The van der Waals surface area contributed by atoms with E-state index in [0.717, 1.165) is 12.1 Å². The molecule has 0 saturated heterocycles. The minimum atomic E-state index is -0.972. The summed E-state index contributed by atoms with van der Waals surface area (Å²) < 4.78 is 0. The van der Waals surface area contributed by atoms with Crippen LogP contribution in [0.2, 0.25) is 0 Å². The first-order chi connectivity index (χ1) is 11.7. The van der Waals surface area contributed by atoms with Gasteiger partial charge in [-0.3, -0.25) is 40.5 Å². The summed E-state index contributed by atoms with van der Waals surface area (Å²) in [6.45, 7) is 0. The highest BCUT2D eigenvalue weighted by molar-refractivity contribution is 7.99. The van der Waals surface area contributed by atoms with E-state index in [0.29, 0.717) is 23.9 Å². The second kappa shape index (κ2) is 6.88. The molecular weight excluding hydrogens is 360 g/mol. The molecule has 0 aliphatic carbocycles. The number of nitro groups is 4. The summed E-state index contributed by atoms with van der Waals surface area (Å²) >= 11 is 0.610. The molecule has 2 rings (SSSR count). The van der Waals surface area contributed by atoms with Gasteiger partial charge in [0, 0.05) is 17.0 Å². The third kappa shape index (κ3) is 3.84. The number of benzene rings is 2. The van der Waals surface area contributed by atoms with Crippen molar-refractivity contribution in [3.8, 4) is 0 Å². The minimum absolute atomic E-state index is 0.225. The summed E-state index contributed by atoms with van der Waals surface area (Å²) in [5, 5.41) is 43.8. The van der Waals surface area contributed by atoms with E-state index in [4.69, 9.17) is 0 Å². The molecule has 0 saturated carbocycles. The summed E-state index contributed by atoms with van der Waals surface area (Å²) in [6, 6.07) is 6.04. The van der Waals surface area contributed by atoms with Gasteiger partial charge < -0.3 is 0 Å². The molecule has 0 atom stereocenters. The van der Waals surface area contributed by atoms with Crippen LogP contribution >= 0.6 is 11.8 Å². The monoisotopic (exact) mass is 366 g/mol. The third-order valence-electron chi connectivity index (χ3n) is 2.91. The van der Waals surface area contributed by atoms with Gasteiger partial charge in [-0.2, -0.15) is 0 Å². The van der Waals surface area contributed by atoms with Crippen molar-refractivity contribution in [3.63, 3.8) is 0 Å². The van der Waals surface area contributed by atoms with Crippen LogP contribution in [-0.2, 0) is 0 Å². The predicted octanol–water partition coefficient (Wildman–Crippen LogP) is 3.47. The standard InChI is InChI=1S/C12H6N4O8S/c17-13(18)7-1-3-9(4-2-7)25-12-10(15(21)22)5-8(14(19)20)6-11(12)16(23)24/h1-6H. The van der Waals surface area contributed by atoms with Crippen LogP contribution < -0.4 is 0 Å². The van der Waals surface area contributed by atoms with Crippen molar-refractivity contribution >= 4 is 34.5 Å². The molecule has 13 heteroatoms. The Morgan fingerprint density at radius 2 is 1.08 bits per heavy atom. The number of nitro benzene ring substituents is 4. The van der Waals surface area contributed by atoms with E-state index in [1.165, 1.54) is 12.1 Å². The van der Waals surface area contributed by atoms with Gasteiger partial charge in [-0.1, -0.05) is 11.8 Å². The fraction of sp³-hybridized carbons (Fsp3) is 0. The van der Waals surface area contributed by atoms with Gasteiger partial charge in [-0.15, -0.1) is 0 Å². The normalized spacial score (nSPS) is 10.2. The molecule has 0 bridgehead atoms. The Hall–Kier alpha value is -3.61. The molecular formula is C12H6N4O8S. The zero-order valence-corrected chi connectivity index (χ0v) is 12.7. The topological polar surface area (TPSA) is 173 Å². The molecule has 0 radical (unpaired) electrons. The maximum absolute atomic E-state index is 11.2. The first-order valence-electron chi connectivity index (χ1n) is 6.24. The van der Waals surface area contributed by atoms with Crippen molar-refractivity contribution in [2.45, 2.75) is 9.79 Å². The lowest BCUT2D eigenvalue weighted by atomic mass is 10.2. The molecule has 0 N–H and O–H groups in total. The second-order valence-corrected chi connectivity index (χ2v) is 5.52. The average molecular weight is 366 g/mol. The summed E-state index contributed by atoms with van der Waals surface area (Å²) in [5.74, 6) is 0. The molecule has 12 nitrogen and oxygen atoms in total. The molecule has 0 unspecified atom stereocenters. The Bertz CT molecular complexity index is 863. The molecule has 128 valence electrons. The number of hydrogen-bond acceptors (Lipinski definition) is 9. The third-order valence-corrected chi connectivity index (χ3v) is 4.04. The lowest BCUT2D eigenvalue weighted by Gasteiger charge is -2.04. The summed E-state index contributed by atoms with van der Waals surface area (Å²) in [7, 11) is 0. The maximum atomic E-state index is 11.2. The van der Waals surface area contributed by atoms with Gasteiger partial charge in [0.05, 0.1) is 31.8 Å². The van der Waals surface area contributed by atoms with E-state index in [-0.39, 0.29) is 10.6 Å². The van der Waals surface area contributed by atoms with Crippen LogP contribution in [0.15, 0.2) is 46.2 Å². The van der Waals surface area contributed by atoms with E-state index in [2.05, 4.69) is 0 Å². The van der Waals surface area contributed by atoms with Gasteiger partial charge in [-0.05, 0) is 12.1 Å². The van der Waals surface area contributed by atoms with E-state index in [1.54, 1.807) is 0 Å². The van der Waals surface area contributed by atoms with Gasteiger partial charge in [-0.25, -0.2) is 0 Å². The minimum Gasteiger partial charge on any atom is -0.258 e. The summed E-state index contributed by atoms with van der Waals surface area (Å²) in [4.78, 5) is 40.1. The van der Waals surface area contributed by atoms with E-state index in [9.17, 15) is 40.5 Å². The lowest BCUT2D eigenvalue weighted by molar-refractivity contribution is -0.407. The molecule has 2 aromatic carbocycles. The largest absolute Gasteiger partial charge is 0.297 e. The van der Waals surface area contributed by atoms with Gasteiger partial charge >= 0.3 is 0 Å². The molecule has 0 aliphatic rings. The molecule has 0 amide bonds. The number of hydrogen-bond donors (Lipinski definition) is 0. The fourth-order valence-electron chi connectivity index (χ4n) is 1.82. The van der Waals surface area contributed by atoms with E-state index < -0.39 is 41.7 Å². The van der Waals surface area contributed by atoms with Crippen LogP contribution in [0.5, 0.6) is 0 Å². The van der Waals surface area contributed by atoms with E-state index in [1.807, 2.05) is 0 Å². The lowest BCUT2D eigenvalue weighted by Crippen LogP contribution is -1.99. The SMILES string of the molecule is O=[N+]([O-])c1ccc(Sc2c([N+](=O)[O-])cc([N+](=O)[O-])cc2[N+](=O)[O-])cc1. The second-order valence-electron chi connectivity index (χ2n) is 4.44. The van der Waals surface area contributed by atoms with Crippen LogP contribution in [0.1, 0.15) is 0 Å². The first kappa shape index (κ1) is 17.7. The molecule has 0 aromatic heterocycles. The quantitative estimate of drug-likeness (QED) is 0.547. The van der Waals surface area contributed by atoms with Crippen LogP contribution in [0.25, 0.3) is 0 Å². The van der Waals surface area contributed by atoms with Crippen molar-refractivity contribution in [1.29, 1.82) is 0 Å². The highest BCUT2D eigenvalue weighted by Gasteiger charge is 2.31. The Morgan fingerprint density at radius 1 is 0.640 bits per heavy atom. The molecule has 0 aliphatic heterocycles. The highest BCUT2D eigenvalue weighted by Crippen LogP contribution is 2.43. The zero-order valence-electron chi connectivity index (χ0n) is 11.9. The molecule has 2 aromatic rings. The fourth-order valence-corrected chi connectivity index (χ4v) is 2.80. The molecule has 0 heterocycles. The van der Waals surface area contributed by atoms with Crippen molar-refractivity contribution in [1.82, 2.24) is 0 Å². The van der Waals surface area contributed by atoms with Gasteiger partial charge in [0.2, 0.25) is 0 Å². The highest BCUT2D eigenvalue weighted by atomic mass is 32.2. The molecule has 0 spiro atoms. The number of non-ortho nitro benzene ring substituents is 2. The van der Waals surface area contributed by atoms with Crippen molar-refractivity contribution in [2.75, 3.05) is 0 Å². The zero-order chi connectivity index (χ0) is 18.7. The molecule has 25 heavy (non-hydrogen) atoms. The van der Waals surface area contributed by atoms with Crippen molar-refractivity contribution in [3.05, 3.63) is 76.9 Å². The van der Waals surface area contributed by atoms with Gasteiger partial charge in [0.1, 0.15) is 0 Å². The van der Waals surface area contributed by atoms with Crippen LogP contribution in [-0.4, -0.2) is 19.7 Å². The Labute approximate surface area is 141 Å². The predicted molar refractivity (Wildman–Crippen MR) is 83.6 cm³/mol. The summed E-state index contributed by atoms with van der Waals surface area (Å²) in [6.07, 6.45) is 0. The first-order valence-corrected chi connectivity index (χ1v) is 7.06. The van der Waals surface area contributed by atoms with Crippen LogP contribution in [0, 0.1) is 40.5 Å². The molecule has 0 fully saturated rings. The van der Waals surface area contributed by atoms with Gasteiger partial charge in [0.15, 0.2) is 4.90 Å². The average Bonchev–Trinajstić information content (AvgIpc) is 2.54. The Morgan fingerprint density at radius 3 is 1.44 bits per heavy atom. The van der Waals surface area contributed by atoms with E-state index >= 15 is 0 Å². The van der Waals surface area contributed by atoms with Crippen molar-refractivity contribution < 1.29 is 19.7 Å². The van der Waals surface area contributed by atoms with Crippen molar-refractivity contribution in [2.24, 2.45) is 0 Å². The number of rotatable bonds is 6. The van der Waals surface area contributed by atoms with Crippen LogP contribution in [0.4, 0.5) is 22.7 Å². The Balaban J connectivity index is 2.58. The van der Waals surface area contributed by atoms with Gasteiger partial charge in [0.25, 0.3) is 22.7 Å². The smallest absolute Gasteiger partial charge is 0.258 e. The van der Waals surface area contributed by atoms with Crippen LogP contribution in [0.3, 0.4) is 0 Å². The Kier molecular flexibility index (Phi) is 4.88. The number of nitrogens with zero attached hydrogens (tertiary/aromatic N) is 4. The summed E-state index contributed by atoms with van der Waals surface area (Å²) in [5.41, 5.74) is -2.61. The maximum Gasteiger partial charge on any atom is 0.297 e.